The summed E-state index contributed by atoms with van der Waals surface area (Å²) < 4.78 is 28.7. The Labute approximate surface area is 125 Å². The SMILES string of the molecule is CCNC(c1cccnc1C)c1c(F)ccc(Br)c1F. The molecule has 0 radical (unpaired) electrons. The van der Waals surface area contributed by atoms with Gasteiger partial charge in [0, 0.05) is 17.5 Å². The van der Waals surface area contributed by atoms with E-state index in [1.807, 2.05) is 19.9 Å². The second-order valence-electron chi connectivity index (χ2n) is 4.43. The Morgan fingerprint density at radius 3 is 2.70 bits per heavy atom. The normalized spacial score (nSPS) is 12.4. The molecule has 0 saturated heterocycles. The number of hydrogen-bond acceptors (Lipinski definition) is 2. The smallest absolute Gasteiger partial charge is 0.145 e. The van der Waals surface area contributed by atoms with Gasteiger partial charge in [0.15, 0.2) is 0 Å². The van der Waals surface area contributed by atoms with Crippen molar-refractivity contribution in [1.82, 2.24) is 10.3 Å². The van der Waals surface area contributed by atoms with Gasteiger partial charge in [-0.2, -0.15) is 0 Å². The fourth-order valence-corrected chi connectivity index (χ4v) is 2.53. The Morgan fingerprint density at radius 2 is 2.05 bits per heavy atom. The number of pyridine rings is 1. The molecule has 0 amide bonds. The average Bonchev–Trinajstić information content (AvgIpc) is 2.43. The molecule has 0 spiro atoms. The molecule has 0 aliphatic heterocycles. The van der Waals surface area contributed by atoms with Crippen LogP contribution < -0.4 is 5.32 Å². The predicted octanol–water partition coefficient (Wildman–Crippen LogP) is 4.13. The number of hydrogen-bond donors (Lipinski definition) is 1. The molecule has 0 aliphatic rings. The maximum Gasteiger partial charge on any atom is 0.145 e. The van der Waals surface area contributed by atoms with E-state index in [-0.39, 0.29) is 10.0 Å². The monoisotopic (exact) mass is 340 g/mol. The topological polar surface area (TPSA) is 24.9 Å². The zero-order chi connectivity index (χ0) is 14.7. The van der Waals surface area contributed by atoms with Crippen molar-refractivity contribution in [2.45, 2.75) is 19.9 Å². The van der Waals surface area contributed by atoms with Gasteiger partial charge >= 0.3 is 0 Å². The Kier molecular flexibility index (Phi) is 4.83. The minimum Gasteiger partial charge on any atom is -0.306 e. The van der Waals surface area contributed by atoms with Crippen LogP contribution in [0.5, 0.6) is 0 Å². The van der Waals surface area contributed by atoms with Crippen LogP contribution in [0.3, 0.4) is 0 Å². The third-order valence-electron chi connectivity index (χ3n) is 3.14. The van der Waals surface area contributed by atoms with Gasteiger partial charge in [0.2, 0.25) is 0 Å². The van der Waals surface area contributed by atoms with Gasteiger partial charge in [-0.15, -0.1) is 0 Å². The lowest BCUT2D eigenvalue weighted by molar-refractivity contribution is 0.505. The summed E-state index contributed by atoms with van der Waals surface area (Å²) in [6.45, 7) is 4.31. The van der Waals surface area contributed by atoms with Gasteiger partial charge in [0.1, 0.15) is 11.6 Å². The molecule has 1 unspecified atom stereocenters. The molecular weight excluding hydrogens is 326 g/mol. The molecule has 0 saturated carbocycles. The van der Waals surface area contributed by atoms with E-state index in [1.165, 1.54) is 12.1 Å². The molecule has 0 fully saturated rings. The lowest BCUT2D eigenvalue weighted by Crippen LogP contribution is -2.25. The molecule has 1 aromatic heterocycles. The molecule has 0 aliphatic carbocycles. The maximum absolute atomic E-state index is 14.3. The third kappa shape index (κ3) is 2.88. The van der Waals surface area contributed by atoms with Crippen LogP contribution in [-0.2, 0) is 0 Å². The Hall–Kier alpha value is -1.33. The minimum atomic E-state index is -0.584. The summed E-state index contributed by atoms with van der Waals surface area (Å²) in [6, 6.07) is 5.66. The number of aryl methyl sites for hydroxylation is 1. The molecule has 2 rings (SSSR count). The molecule has 2 nitrogen and oxygen atoms in total. The number of nitrogens with one attached hydrogen (secondary N) is 1. The molecule has 2 aromatic rings. The Morgan fingerprint density at radius 1 is 1.30 bits per heavy atom. The van der Waals surface area contributed by atoms with E-state index in [1.54, 1.807) is 12.3 Å². The van der Waals surface area contributed by atoms with Gasteiger partial charge < -0.3 is 5.32 Å². The lowest BCUT2D eigenvalue weighted by Gasteiger charge is -2.21. The molecule has 1 heterocycles. The van der Waals surface area contributed by atoms with Gasteiger partial charge in [-0.25, -0.2) is 8.78 Å². The Bertz CT molecular complexity index is 617. The van der Waals surface area contributed by atoms with Gasteiger partial charge in [0.25, 0.3) is 0 Å². The zero-order valence-electron chi connectivity index (χ0n) is 11.3. The van der Waals surface area contributed by atoms with Crippen LogP contribution in [0.2, 0.25) is 0 Å². The van der Waals surface area contributed by atoms with Crippen LogP contribution in [0.4, 0.5) is 8.78 Å². The molecule has 1 atom stereocenters. The molecular formula is C15H15BrF2N2. The fraction of sp³-hybridized carbons (Fsp3) is 0.267. The molecule has 1 aromatic carbocycles. The van der Waals surface area contributed by atoms with Crippen molar-refractivity contribution in [3.63, 3.8) is 0 Å². The van der Waals surface area contributed by atoms with Gasteiger partial charge in [0.05, 0.1) is 10.5 Å². The van der Waals surface area contributed by atoms with E-state index in [9.17, 15) is 8.78 Å². The van der Waals surface area contributed by atoms with Crippen LogP contribution in [0, 0.1) is 18.6 Å². The highest BCUT2D eigenvalue weighted by atomic mass is 79.9. The van der Waals surface area contributed by atoms with Gasteiger partial charge in [-0.3, -0.25) is 4.98 Å². The first-order valence-corrected chi connectivity index (χ1v) is 7.13. The van der Waals surface area contributed by atoms with Gasteiger partial charge in [-0.1, -0.05) is 13.0 Å². The summed E-state index contributed by atoms with van der Waals surface area (Å²) in [6.07, 6.45) is 1.66. The second-order valence-corrected chi connectivity index (χ2v) is 5.28. The van der Waals surface area contributed by atoms with E-state index in [2.05, 4.69) is 26.2 Å². The molecule has 20 heavy (non-hydrogen) atoms. The summed E-state index contributed by atoms with van der Waals surface area (Å²) in [5, 5.41) is 3.12. The minimum absolute atomic E-state index is 0.0114. The first kappa shape index (κ1) is 15.1. The number of halogens is 3. The number of aromatic nitrogens is 1. The van der Waals surface area contributed by atoms with E-state index >= 15 is 0 Å². The van der Waals surface area contributed by atoms with E-state index < -0.39 is 17.7 Å². The zero-order valence-corrected chi connectivity index (χ0v) is 12.8. The molecule has 5 heteroatoms. The highest BCUT2D eigenvalue weighted by Crippen LogP contribution is 2.31. The van der Waals surface area contributed by atoms with Crippen LogP contribution in [-0.4, -0.2) is 11.5 Å². The van der Waals surface area contributed by atoms with Crippen LogP contribution >= 0.6 is 15.9 Å². The van der Waals surface area contributed by atoms with Gasteiger partial charge in [-0.05, 0) is 53.2 Å². The second kappa shape index (κ2) is 6.41. The first-order valence-electron chi connectivity index (χ1n) is 6.34. The standard InChI is InChI=1S/C15H15BrF2N2/c1-3-19-15(10-5-4-8-20-9(10)2)13-12(17)7-6-11(16)14(13)18/h4-8,15,19H,3H2,1-2H3. The first-order chi connectivity index (χ1) is 9.56. The fourth-order valence-electron chi connectivity index (χ4n) is 2.18. The quantitative estimate of drug-likeness (QED) is 0.846. The predicted molar refractivity (Wildman–Crippen MR) is 78.6 cm³/mol. The van der Waals surface area contributed by atoms with Crippen molar-refractivity contribution in [3.05, 3.63) is 63.4 Å². The highest BCUT2D eigenvalue weighted by molar-refractivity contribution is 9.10. The summed E-state index contributed by atoms with van der Waals surface area (Å²) in [5.74, 6) is -1.15. The summed E-state index contributed by atoms with van der Waals surface area (Å²) in [7, 11) is 0. The average molecular weight is 341 g/mol. The van der Waals surface area contributed by atoms with Crippen LogP contribution in [0.25, 0.3) is 0 Å². The molecule has 0 bridgehead atoms. The van der Waals surface area contributed by atoms with Crippen molar-refractivity contribution in [3.8, 4) is 0 Å². The van der Waals surface area contributed by atoms with E-state index in [0.29, 0.717) is 6.54 Å². The van der Waals surface area contributed by atoms with Crippen molar-refractivity contribution >= 4 is 15.9 Å². The number of benzene rings is 1. The van der Waals surface area contributed by atoms with Crippen molar-refractivity contribution in [1.29, 1.82) is 0 Å². The summed E-state index contributed by atoms with van der Waals surface area (Å²) >= 11 is 3.11. The largest absolute Gasteiger partial charge is 0.306 e. The van der Waals surface area contributed by atoms with E-state index in [0.717, 1.165) is 11.3 Å². The van der Waals surface area contributed by atoms with Crippen LogP contribution in [0.1, 0.15) is 29.8 Å². The van der Waals surface area contributed by atoms with E-state index in [4.69, 9.17) is 0 Å². The third-order valence-corrected chi connectivity index (χ3v) is 3.75. The Balaban J connectivity index is 2.61. The van der Waals surface area contributed by atoms with Crippen molar-refractivity contribution in [2.24, 2.45) is 0 Å². The highest BCUT2D eigenvalue weighted by Gasteiger charge is 2.24. The summed E-state index contributed by atoms with van der Waals surface area (Å²) in [4.78, 5) is 4.19. The molecule has 106 valence electrons. The lowest BCUT2D eigenvalue weighted by atomic mass is 9.96. The van der Waals surface area contributed by atoms with Crippen molar-refractivity contribution in [2.75, 3.05) is 6.54 Å². The van der Waals surface area contributed by atoms with Crippen molar-refractivity contribution < 1.29 is 8.78 Å². The summed E-state index contributed by atoms with van der Waals surface area (Å²) in [5.41, 5.74) is 1.53. The number of rotatable bonds is 4. The maximum atomic E-state index is 14.3. The molecule has 1 N–H and O–H groups in total. The number of nitrogens with zero attached hydrogens (tertiary/aromatic N) is 1. The van der Waals surface area contributed by atoms with Crippen LogP contribution in [0.15, 0.2) is 34.9 Å².